The van der Waals surface area contributed by atoms with Crippen LogP contribution in [0.3, 0.4) is 0 Å². The van der Waals surface area contributed by atoms with Crippen molar-refractivity contribution in [2.75, 3.05) is 0 Å². The summed E-state index contributed by atoms with van der Waals surface area (Å²) in [5, 5.41) is 6.50. The van der Waals surface area contributed by atoms with E-state index in [2.05, 4.69) is 27.3 Å². The van der Waals surface area contributed by atoms with E-state index in [9.17, 15) is 0 Å². The van der Waals surface area contributed by atoms with Gasteiger partial charge in [0.2, 0.25) is 0 Å². The van der Waals surface area contributed by atoms with Gasteiger partial charge in [0.25, 0.3) is 0 Å². The van der Waals surface area contributed by atoms with Gasteiger partial charge in [0, 0.05) is 6.57 Å². The fourth-order valence-electron chi connectivity index (χ4n) is 1.91. The molecule has 0 aliphatic rings. The molecule has 0 aromatic heterocycles. The number of unbranched alkanes of at least 4 members (excludes halogenated alkanes) is 3. The van der Waals surface area contributed by atoms with E-state index in [1.54, 1.807) is 13.3 Å². The van der Waals surface area contributed by atoms with Crippen molar-refractivity contribution in [2.45, 2.75) is 72.6 Å². The molecule has 0 aliphatic carbocycles. The Morgan fingerprint density at radius 1 is 0.733 bits per heavy atom. The van der Waals surface area contributed by atoms with Crippen LogP contribution in [-0.2, 0) is 0 Å². The van der Waals surface area contributed by atoms with Crippen molar-refractivity contribution >= 4 is 19.8 Å². The van der Waals surface area contributed by atoms with Crippen molar-refractivity contribution in [1.82, 2.24) is 0 Å². The average molecular weight is 318 g/mol. The zero-order valence-electron chi connectivity index (χ0n) is 11.0. The van der Waals surface area contributed by atoms with Gasteiger partial charge in [-0.1, -0.05) is 0 Å². The zero-order valence-corrected chi connectivity index (χ0v) is 14.3. The minimum atomic E-state index is -0.967. The number of nitrogens with zero attached hydrogens (tertiary/aromatic N) is 1. The van der Waals surface area contributed by atoms with Gasteiger partial charge in [-0.15, -0.1) is 0 Å². The molecule has 15 heavy (non-hydrogen) atoms. The van der Waals surface area contributed by atoms with Crippen LogP contribution in [0, 0.1) is 11.8 Å². The van der Waals surface area contributed by atoms with Crippen molar-refractivity contribution in [1.29, 1.82) is 5.26 Å². The minimum absolute atomic E-state index is 0.967. The molecule has 1 nitrogen and oxygen atoms in total. The second-order valence-electron chi connectivity index (χ2n) is 4.29. The normalized spacial score (nSPS) is 9.73. The fourth-order valence-corrected chi connectivity index (χ4v) is 12.8. The Bertz CT molecular complexity index is 104. The number of hydrogen-bond donors (Lipinski definition) is 0. The molecule has 0 fully saturated rings. The quantitative estimate of drug-likeness (QED) is 0.563. The molecule has 0 radical (unpaired) electrons. The third kappa shape index (κ3) is 14.3. The van der Waals surface area contributed by atoms with Crippen LogP contribution in [0.25, 0.3) is 0 Å². The Morgan fingerprint density at radius 3 is 1.20 bits per heavy atom. The van der Waals surface area contributed by atoms with Gasteiger partial charge < -0.3 is 0 Å². The Kier molecular flexibility index (Phi) is 19.7. The van der Waals surface area contributed by atoms with Crippen molar-refractivity contribution in [3.63, 3.8) is 0 Å². The molecular formula is C13H29NSn. The first-order valence-corrected chi connectivity index (χ1v) is 13.6. The summed E-state index contributed by atoms with van der Waals surface area (Å²) in [5.74, 6) is 0. The predicted octanol–water partition coefficient (Wildman–Crippen LogP) is 4.75. The Morgan fingerprint density at radius 2 is 1.00 bits per heavy atom. The Balaban J connectivity index is 0. The predicted molar refractivity (Wildman–Crippen MR) is 73.0 cm³/mol. The summed E-state index contributed by atoms with van der Waals surface area (Å²) in [6.07, 6.45) is 8.87. The van der Waals surface area contributed by atoms with Crippen LogP contribution in [0.5, 0.6) is 0 Å². The van der Waals surface area contributed by atoms with Gasteiger partial charge in [0.05, 0.1) is 0 Å². The number of rotatable bonds is 9. The van der Waals surface area contributed by atoms with Gasteiger partial charge in [-0.2, -0.15) is 0 Å². The Labute approximate surface area is 104 Å². The summed E-state index contributed by atoms with van der Waals surface area (Å²) in [6.45, 7) is 10.5. The SMILES string of the molecule is C#N.CCC[CH2][SnH]([CH2]CCC)[CH2]CCC. The van der Waals surface area contributed by atoms with E-state index < -0.39 is 19.8 Å². The topological polar surface area (TPSA) is 23.8 Å². The third-order valence-corrected chi connectivity index (χ3v) is 13.4. The maximum absolute atomic E-state index is 6.50. The van der Waals surface area contributed by atoms with E-state index in [4.69, 9.17) is 5.26 Å². The van der Waals surface area contributed by atoms with E-state index in [1.807, 2.05) is 0 Å². The molecule has 0 heterocycles. The van der Waals surface area contributed by atoms with Crippen LogP contribution in [0.15, 0.2) is 0 Å². The molecule has 0 bridgehead atoms. The van der Waals surface area contributed by atoms with Gasteiger partial charge in [-0.25, -0.2) is 5.26 Å². The first-order chi connectivity index (χ1) is 7.35. The summed E-state index contributed by atoms with van der Waals surface area (Å²) in [6, 6.07) is 0. The van der Waals surface area contributed by atoms with E-state index in [-0.39, 0.29) is 0 Å². The van der Waals surface area contributed by atoms with Crippen molar-refractivity contribution in [3.05, 3.63) is 0 Å². The summed E-state index contributed by atoms with van der Waals surface area (Å²) < 4.78 is 5.08. The molecule has 0 N–H and O–H groups in total. The summed E-state index contributed by atoms with van der Waals surface area (Å²) in [5.41, 5.74) is 0. The standard InChI is InChI=1S/3C4H9.CHN.Sn.H/c3*1-3-4-2;1-2;;/h3*1,3-4H2,2H3;1H;;. The molecule has 2 heteroatoms. The van der Waals surface area contributed by atoms with E-state index >= 15 is 0 Å². The molecule has 0 aliphatic heterocycles. The average Bonchev–Trinajstić information content (AvgIpc) is 2.31. The van der Waals surface area contributed by atoms with Crippen LogP contribution in [0.4, 0.5) is 0 Å². The summed E-state index contributed by atoms with van der Waals surface area (Å²) in [7, 11) is 0. The number of hydrogen-bond acceptors (Lipinski definition) is 1. The fraction of sp³-hybridized carbons (Fsp3) is 0.923. The first kappa shape index (κ1) is 17.7. The van der Waals surface area contributed by atoms with Crippen LogP contribution in [-0.4, -0.2) is 19.8 Å². The van der Waals surface area contributed by atoms with Crippen LogP contribution in [0.1, 0.15) is 59.3 Å². The molecule has 0 unspecified atom stereocenters. The second-order valence-corrected chi connectivity index (χ2v) is 14.2. The summed E-state index contributed by atoms with van der Waals surface area (Å²) >= 11 is -0.967. The van der Waals surface area contributed by atoms with Crippen molar-refractivity contribution in [3.8, 4) is 6.57 Å². The first-order valence-electron chi connectivity index (χ1n) is 6.60. The Hall–Kier alpha value is 0.289. The molecule has 0 aromatic carbocycles. The van der Waals surface area contributed by atoms with Gasteiger partial charge in [0.1, 0.15) is 0 Å². The van der Waals surface area contributed by atoms with Gasteiger partial charge in [-0.3, -0.25) is 0 Å². The molecule has 90 valence electrons. The van der Waals surface area contributed by atoms with Gasteiger partial charge in [-0.05, 0) is 0 Å². The maximum atomic E-state index is 6.50. The molecule has 0 aromatic rings. The monoisotopic (exact) mass is 319 g/mol. The van der Waals surface area contributed by atoms with E-state index in [0.29, 0.717) is 0 Å². The molecular weight excluding hydrogens is 289 g/mol. The summed E-state index contributed by atoms with van der Waals surface area (Å²) in [4.78, 5) is 0. The third-order valence-electron chi connectivity index (χ3n) is 2.90. The van der Waals surface area contributed by atoms with E-state index in [1.165, 1.54) is 38.5 Å². The molecule has 0 spiro atoms. The van der Waals surface area contributed by atoms with Crippen molar-refractivity contribution in [2.24, 2.45) is 0 Å². The second kappa shape index (κ2) is 16.7. The molecule has 0 amide bonds. The van der Waals surface area contributed by atoms with Crippen LogP contribution >= 0.6 is 0 Å². The van der Waals surface area contributed by atoms with E-state index in [0.717, 1.165) is 0 Å². The van der Waals surface area contributed by atoms with Crippen molar-refractivity contribution < 1.29 is 0 Å². The zero-order chi connectivity index (χ0) is 11.9. The molecule has 0 atom stereocenters. The molecule has 0 rings (SSSR count). The molecule has 0 saturated carbocycles. The molecule has 0 saturated heterocycles. The van der Waals surface area contributed by atoms with Gasteiger partial charge >= 0.3 is 92.4 Å². The van der Waals surface area contributed by atoms with Crippen LogP contribution < -0.4 is 0 Å². The van der Waals surface area contributed by atoms with Crippen LogP contribution in [0.2, 0.25) is 13.3 Å². The number of nitriles is 1. The van der Waals surface area contributed by atoms with Gasteiger partial charge in [0.15, 0.2) is 0 Å².